The number of ether oxygens (including phenoxy) is 1. The number of halogens is 1. The van der Waals surface area contributed by atoms with Crippen molar-refractivity contribution in [2.24, 2.45) is 5.92 Å². The number of allylic oxidation sites excluding steroid dienone is 2. The topological polar surface area (TPSA) is 21.3 Å². The van der Waals surface area contributed by atoms with Crippen molar-refractivity contribution in [3.8, 4) is 5.75 Å². The predicted molar refractivity (Wildman–Crippen MR) is 127 cm³/mol. The van der Waals surface area contributed by atoms with E-state index in [2.05, 4.69) is 106 Å². The molecule has 0 spiro atoms. The highest BCUT2D eigenvalue weighted by atomic mass is 79.9. The summed E-state index contributed by atoms with van der Waals surface area (Å²) in [6, 6.07) is 26.1. The predicted octanol–water partition coefficient (Wildman–Crippen LogP) is 7.29. The normalized spacial score (nSPS) is 21.6. The second-order valence-electron chi connectivity index (χ2n) is 8.19. The molecular weight excluding hydrogens is 434 g/mol. The molecule has 3 heteroatoms. The van der Waals surface area contributed by atoms with Crippen LogP contribution in [0.5, 0.6) is 5.75 Å². The molecule has 3 aromatic rings. The fourth-order valence-corrected chi connectivity index (χ4v) is 5.08. The van der Waals surface area contributed by atoms with Gasteiger partial charge in [-0.05, 0) is 60.1 Å². The first kappa shape index (κ1) is 19.4. The number of anilines is 1. The Morgan fingerprint density at radius 1 is 0.933 bits per heavy atom. The molecule has 3 unspecified atom stereocenters. The molecule has 0 radical (unpaired) electrons. The Hall–Kier alpha value is -2.52. The van der Waals surface area contributed by atoms with Gasteiger partial charge >= 0.3 is 0 Å². The number of para-hydroxylation sites is 1. The number of rotatable bonds is 6. The third-order valence-electron chi connectivity index (χ3n) is 6.30. The molecular formula is C27H26BrNO. The molecule has 30 heavy (non-hydrogen) atoms. The monoisotopic (exact) mass is 459 g/mol. The molecule has 3 atom stereocenters. The fourth-order valence-electron chi connectivity index (χ4n) is 4.82. The van der Waals surface area contributed by atoms with Crippen molar-refractivity contribution in [3.05, 3.63) is 106 Å². The molecule has 5 rings (SSSR count). The quantitative estimate of drug-likeness (QED) is 0.308. The van der Waals surface area contributed by atoms with E-state index in [0.29, 0.717) is 17.9 Å². The maximum atomic E-state index is 6.28. The highest BCUT2D eigenvalue weighted by molar-refractivity contribution is 9.10. The Balaban J connectivity index is 1.35. The third kappa shape index (κ3) is 3.91. The summed E-state index contributed by atoms with van der Waals surface area (Å²) in [5, 5.41) is 3.85. The van der Waals surface area contributed by atoms with E-state index in [4.69, 9.17) is 4.74 Å². The maximum absolute atomic E-state index is 6.28. The van der Waals surface area contributed by atoms with E-state index >= 15 is 0 Å². The van der Waals surface area contributed by atoms with Crippen LogP contribution in [0.3, 0.4) is 0 Å². The van der Waals surface area contributed by atoms with E-state index in [0.717, 1.165) is 41.8 Å². The minimum Gasteiger partial charge on any atom is -0.491 e. The molecule has 1 aliphatic heterocycles. The smallest absolute Gasteiger partial charge is 0.142 e. The number of hydrogen-bond acceptors (Lipinski definition) is 2. The maximum Gasteiger partial charge on any atom is 0.142 e. The van der Waals surface area contributed by atoms with Gasteiger partial charge in [0, 0.05) is 10.4 Å². The number of fused-ring (bicyclic) bond motifs is 3. The van der Waals surface area contributed by atoms with Gasteiger partial charge in [0.05, 0.1) is 18.3 Å². The van der Waals surface area contributed by atoms with Crippen LogP contribution in [-0.4, -0.2) is 6.61 Å². The van der Waals surface area contributed by atoms with E-state index in [1.54, 1.807) is 0 Å². The Morgan fingerprint density at radius 2 is 1.77 bits per heavy atom. The fraction of sp³-hybridized carbons (Fsp3) is 0.259. The number of benzene rings is 3. The van der Waals surface area contributed by atoms with Crippen LogP contribution in [0.25, 0.3) is 0 Å². The van der Waals surface area contributed by atoms with Crippen molar-refractivity contribution in [3.63, 3.8) is 0 Å². The molecule has 2 aliphatic rings. The minimum absolute atomic E-state index is 0.291. The summed E-state index contributed by atoms with van der Waals surface area (Å²) < 4.78 is 7.40. The Morgan fingerprint density at radius 3 is 2.60 bits per heavy atom. The van der Waals surface area contributed by atoms with Crippen molar-refractivity contribution in [1.82, 2.24) is 0 Å². The molecule has 0 aromatic heterocycles. The molecule has 0 amide bonds. The van der Waals surface area contributed by atoms with E-state index in [9.17, 15) is 0 Å². The molecule has 3 aromatic carbocycles. The minimum atomic E-state index is 0.291. The average molecular weight is 460 g/mol. The van der Waals surface area contributed by atoms with E-state index in [1.807, 2.05) is 0 Å². The van der Waals surface area contributed by atoms with Gasteiger partial charge in [0.1, 0.15) is 5.75 Å². The van der Waals surface area contributed by atoms with Crippen LogP contribution in [0.2, 0.25) is 0 Å². The van der Waals surface area contributed by atoms with Gasteiger partial charge in [-0.2, -0.15) is 0 Å². The number of aryl methyl sites for hydroxylation is 1. The van der Waals surface area contributed by atoms with Crippen LogP contribution in [0.4, 0.5) is 5.69 Å². The molecule has 1 heterocycles. The molecule has 0 saturated carbocycles. The van der Waals surface area contributed by atoms with Gasteiger partial charge in [-0.25, -0.2) is 0 Å². The molecule has 2 nitrogen and oxygen atoms in total. The summed E-state index contributed by atoms with van der Waals surface area (Å²) >= 11 is 3.56. The van der Waals surface area contributed by atoms with Crippen molar-refractivity contribution in [1.29, 1.82) is 0 Å². The van der Waals surface area contributed by atoms with Gasteiger partial charge in [-0.15, -0.1) is 0 Å². The van der Waals surface area contributed by atoms with E-state index in [-0.39, 0.29) is 0 Å². The summed E-state index contributed by atoms with van der Waals surface area (Å²) in [6.45, 7) is 0.722. The van der Waals surface area contributed by atoms with E-state index < -0.39 is 0 Å². The summed E-state index contributed by atoms with van der Waals surface area (Å²) in [5.74, 6) is 1.97. The number of nitrogens with one attached hydrogen (secondary N) is 1. The molecule has 152 valence electrons. The van der Waals surface area contributed by atoms with Crippen LogP contribution in [0, 0.1) is 5.92 Å². The molecule has 1 aliphatic carbocycles. The molecule has 0 fully saturated rings. The Kier molecular flexibility index (Phi) is 5.63. The van der Waals surface area contributed by atoms with Gasteiger partial charge in [0.15, 0.2) is 0 Å². The lowest BCUT2D eigenvalue weighted by atomic mass is 9.77. The van der Waals surface area contributed by atoms with Gasteiger partial charge in [0.2, 0.25) is 0 Å². The summed E-state index contributed by atoms with van der Waals surface area (Å²) in [6.07, 6.45) is 7.88. The molecule has 0 saturated heterocycles. The zero-order valence-corrected chi connectivity index (χ0v) is 18.5. The van der Waals surface area contributed by atoms with Crippen molar-refractivity contribution >= 4 is 21.6 Å². The van der Waals surface area contributed by atoms with Gasteiger partial charge in [-0.3, -0.25) is 0 Å². The van der Waals surface area contributed by atoms with Crippen molar-refractivity contribution in [2.45, 2.75) is 31.2 Å². The molecule has 0 bridgehead atoms. The zero-order valence-electron chi connectivity index (χ0n) is 16.9. The lowest BCUT2D eigenvalue weighted by Crippen LogP contribution is -2.29. The first-order valence-electron chi connectivity index (χ1n) is 10.8. The lowest BCUT2D eigenvalue weighted by molar-refractivity contribution is 0.309. The SMILES string of the molecule is Brc1ccc(C2Nc3c(OCCCc4ccccc4)cccc3C3C=CCC32)cc1. The standard InChI is InChI=1S/C27H26BrNO/c28-21-16-14-20(15-17-21)26-23-11-4-10-22(23)24-12-5-13-25(27(24)29-26)30-18-6-9-19-7-2-1-3-8-19/h1-5,7-8,10,12-17,22-23,26,29H,6,9,11,18H2. The largest absolute Gasteiger partial charge is 0.491 e. The third-order valence-corrected chi connectivity index (χ3v) is 6.83. The summed E-state index contributed by atoms with van der Waals surface area (Å²) in [7, 11) is 0. The average Bonchev–Trinajstić information content (AvgIpc) is 3.28. The van der Waals surface area contributed by atoms with E-state index in [1.165, 1.54) is 16.7 Å². The first-order valence-corrected chi connectivity index (χ1v) is 11.6. The first-order chi connectivity index (χ1) is 14.8. The van der Waals surface area contributed by atoms with Gasteiger partial charge in [0.25, 0.3) is 0 Å². The second-order valence-corrected chi connectivity index (χ2v) is 9.10. The zero-order chi connectivity index (χ0) is 20.3. The van der Waals surface area contributed by atoms with Gasteiger partial charge < -0.3 is 10.1 Å². The van der Waals surface area contributed by atoms with Crippen molar-refractivity contribution in [2.75, 3.05) is 11.9 Å². The van der Waals surface area contributed by atoms with Gasteiger partial charge in [-0.1, -0.05) is 82.7 Å². The second kappa shape index (κ2) is 8.69. The van der Waals surface area contributed by atoms with Crippen LogP contribution in [0.1, 0.15) is 41.5 Å². The van der Waals surface area contributed by atoms with Crippen molar-refractivity contribution < 1.29 is 4.74 Å². The van der Waals surface area contributed by atoms with Crippen LogP contribution in [0.15, 0.2) is 89.4 Å². The lowest BCUT2D eigenvalue weighted by Gasteiger charge is -2.38. The van der Waals surface area contributed by atoms with Crippen LogP contribution < -0.4 is 10.1 Å². The highest BCUT2D eigenvalue weighted by Crippen LogP contribution is 2.52. The highest BCUT2D eigenvalue weighted by Gasteiger charge is 2.38. The summed E-state index contributed by atoms with van der Waals surface area (Å²) in [5.41, 5.74) is 5.23. The van der Waals surface area contributed by atoms with Crippen LogP contribution >= 0.6 is 15.9 Å². The molecule has 1 N–H and O–H groups in total. The Bertz CT molecular complexity index is 1030. The Labute approximate surface area is 187 Å². The summed E-state index contributed by atoms with van der Waals surface area (Å²) in [4.78, 5) is 0. The van der Waals surface area contributed by atoms with Crippen LogP contribution in [-0.2, 0) is 6.42 Å². The number of hydrogen-bond donors (Lipinski definition) is 1.